The first kappa shape index (κ1) is 32.1. The van der Waals surface area contributed by atoms with E-state index in [0.717, 1.165) is 71.5 Å². The predicted molar refractivity (Wildman–Crippen MR) is 139 cm³/mol. The number of aliphatic carboxylic acids is 2. The molecule has 2 N–H and O–H groups in total. The molecule has 1 aromatic carbocycles. The molecule has 0 bridgehead atoms. The van der Waals surface area contributed by atoms with Gasteiger partial charge in [0, 0.05) is 83.3 Å². The molecule has 0 radical (unpaired) electrons. The highest BCUT2D eigenvalue weighted by Crippen LogP contribution is 2.31. The zero-order valence-electron chi connectivity index (χ0n) is 22.3. The molecule has 1 aromatic rings. The molecule has 10 nitrogen and oxygen atoms in total. The Kier molecular flexibility index (Phi) is 12.7. The fourth-order valence-electron chi connectivity index (χ4n) is 4.32. The highest BCUT2D eigenvalue weighted by Gasteiger charge is 2.31. The van der Waals surface area contributed by atoms with Crippen molar-refractivity contribution in [2.45, 2.75) is 26.1 Å². The van der Waals surface area contributed by atoms with Gasteiger partial charge in [0.25, 0.3) is 0 Å². The number of rotatable bonds is 9. The van der Waals surface area contributed by atoms with E-state index < -0.39 is 23.7 Å². The van der Waals surface area contributed by atoms with Crippen LogP contribution >= 0.6 is 0 Å². The number of esters is 1. The summed E-state index contributed by atoms with van der Waals surface area (Å²) < 4.78 is 44.0. The summed E-state index contributed by atoms with van der Waals surface area (Å²) >= 11 is 0. The molecular weight excluding hydrogens is 521 g/mol. The smallest absolute Gasteiger partial charge is 0.416 e. The van der Waals surface area contributed by atoms with Crippen molar-refractivity contribution in [3.05, 3.63) is 42.0 Å². The molecule has 2 fully saturated rings. The number of alkyl halides is 3. The molecule has 2 heterocycles. The van der Waals surface area contributed by atoms with Gasteiger partial charge in [0.2, 0.25) is 0 Å². The van der Waals surface area contributed by atoms with Gasteiger partial charge in [-0.05, 0) is 32.0 Å². The van der Waals surface area contributed by atoms with Crippen LogP contribution in [0, 0.1) is 0 Å². The van der Waals surface area contributed by atoms with Gasteiger partial charge in [0.1, 0.15) is 6.04 Å². The summed E-state index contributed by atoms with van der Waals surface area (Å²) in [7, 11) is 0. The van der Waals surface area contributed by atoms with Crippen molar-refractivity contribution in [1.29, 1.82) is 0 Å². The van der Waals surface area contributed by atoms with Gasteiger partial charge in [0.15, 0.2) is 0 Å². The van der Waals surface area contributed by atoms with Crippen LogP contribution in [-0.2, 0) is 25.3 Å². The van der Waals surface area contributed by atoms with Gasteiger partial charge in [0.05, 0.1) is 12.2 Å². The lowest BCUT2D eigenvalue weighted by Gasteiger charge is -2.39. The van der Waals surface area contributed by atoms with E-state index in [1.807, 2.05) is 18.7 Å². The van der Waals surface area contributed by atoms with Crippen LogP contribution in [0.5, 0.6) is 0 Å². The van der Waals surface area contributed by atoms with E-state index in [9.17, 15) is 27.6 Å². The predicted octanol–water partition coefficient (Wildman–Crippen LogP) is 2.11. The number of carbonyl (C=O) groups excluding carboxylic acids is 1. The van der Waals surface area contributed by atoms with Crippen molar-refractivity contribution < 1.29 is 42.5 Å². The number of carbonyl (C=O) groups is 3. The third kappa shape index (κ3) is 11.2. The molecule has 13 heteroatoms. The molecule has 2 saturated heterocycles. The Morgan fingerprint density at radius 1 is 0.923 bits per heavy atom. The number of piperazine rings is 2. The molecule has 0 aromatic heterocycles. The van der Waals surface area contributed by atoms with E-state index in [1.54, 1.807) is 6.07 Å². The maximum absolute atomic E-state index is 13.0. The van der Waals surface area contributed by atoms with Crippen LogP contribution < -0.4 is 4.90 Å². The summed E-state index contributed by atoms with van der Waals surface area (Å²) in [6.07, 6.45) is -3.19. The molecule has 218 valence electrons. The third-order valence-electron chi connectivity index (χ3n) is 6.59. The zero-order chi connectivity index (χ0) is 29.0. The highest BCUT2D eigenvalue weighted by atomic mass is 19.4. The summed E-state index contributed by atoms with van der Waals surface area (Å²) in [5.74, 6) is -2.67. The average molecular weight is 559 g/mol. The normalized spacial score (nSPS) is 18.3. The van der Waals surface area contributed by atoms with Crippen molar-refractivity contribution in [3.8, 4) is 0 Å². The summed E-state index contributed by atoms with van der Waals surface area (Å²) in [6.45, 7) is 12.7. The Hall–Kier alpha value is -3.16. The summed E-state index contributed by atoms with van der Waals surface area (Å²) in [5, 5.41) is 15.6. The molecular formula is C26H37F3N4O6. The largest absolute Gasteiger partial charge is 0.478 e. The molecule has 39 heavy (non-hydrogen) atoms. The van der Waals surface area contributed by atoms with Crippen molar-refractivity contribution in [3.63, 3.8) is 0 Å². The van der Waals surface area contributed by atoms with E-state index in [2.05, 4.69) is 14.7 Å². The van der Waals surface area contributed by atoms with Crippen LogP contribution in [0.3, 0.4) is 0 Å². The van der Waals surface area contributed by atoms with Crippen LogP contribution in [0.2, 0.25) is 0 Å². The Morgan fingerprint density at radius 2 is 1.44 bits per heavy atom. The molecule has 1 atom stereocenters. The van der Waals surface area contributed by atoms with E-state index in [-0.39, 0.29) is 12.0 Å². The average Bonchev–Trinajstić information content (AvgIpc) is 2.91. The Morgan fingerprint density at radius 3 is 1.90 bits per heavy atom. The van der Waals surface area contributed by atoms with E-state index >= 15 is 0 Å². The lowest BCUT2D eigenvalue weighted by atomic mass is 10.1. The molecule has 1 unspecified atom stereocenters. The number of hydrogen-bond donors (Lipinski definition) is 2. The van der Waals surface area contributed by atoms with E-state index in [0.29, 0.717) is 24.4 Å². The van der Waals surface area contributed by atoms with Crippen LogP contribution in [0.25, 0.3) is 0 Å². The first-order valence-corrected chi connectivity index (χ1v) is 12.8. The van der Waals surface area contributed by atoms with Gasteiger partial charge >= 0.3 is 24.1 Å². The van der Waals surface area contributed by atoms with Gasteiger partial charge < -0.3 is 19.8 Å². The minimum absolute atomic E-state index is 0.158. The molecule has 0 spiro atoms. The SMILES string of the molecule is CCOC(=O)C(C)N1CCN(CCN2CCN(c3cccc(C(F)(F)F)c3)CC2)CC1.O=C(O)/C=C/C(=O)O. The molecule has 0 saturated carbocycles. The summed E-state index contributed by atoms with van der Waals surface area (Å²) in [6, 6.07) is 5.39. The lowest BCUT2D eigenvalue weighted by molar-refractivity contribution is -0.149. The third-order valence-corrected chi connectivity index (χ3v) is 6.59. The first-order chi connectivity index (χ1) is 18.4. The van der Waals surface area contributed by atoms with Crippen molar-refractivity contribution in [2.24, 2.45) is 0 Å². The standard InChI is InChI=1S/C22H33F3N4O2.C4H4O4/c1-3-31-21(30)18(2)28-13-9-26(10-14-28)7-8-27-11-15-29(16-12-27)20-6-4-5-19(17-20)22(23,24)25;5-3(6)1-2-4(7)8/h4-6,17-18H,3,7-16H2,1-2H3;1-2H,(H,5,6)(H,7,8)/b;2-1+. The fourth-order valence-corrected chi connectivity index (χ4v) is 4.32. The number of carboxylic acids is 2. The van der Waals surface area contributed by atoms with E-state index in [1.165, 1.54) is 12.1 Å². The minimum atomic E-state index is -4.31. The van der Waals surface area contributed by atoms with Gasteiger partial charge in [-0.25, -0.2) is 9.59 Å². The molecule has 3 rings (SSSR count). The molecule has 0 aliphatic carbocycles. The van der Waals surface area contributed by atoms with Gasteiger partial charge in [-0.15, -0.1) is 0 Å². The van der Waals surface area contributed by atoms with Crippen LogP contribution in [0.4, 0.5) is 18.9 Å². The van der Waals surface area contributed by atoms with Gasteiger partial charge in [-0.3, -0.25) is 19.5 Å². The second-order valence-electron chi connectivity index (χ2n) is 9.19. The highest BCUT2D eigenvalue weighted by molar-refractivity contribution is 5.89. The number of carboxylic acid groups (broad SMARTS) is 2. The quantitative estimate of drug-likeness (QED) is 0.345. The fraction of sp³-hybridized carbons (Fsp3) is 0.577. The summed E-state index contributed by atoms with van der Waals surface area (Å²) in [4.78, 5) is 40.0. The number of hydrogen-bond acceptors (Lipinski definition) is 8. The van der Waals surface area contributed by atoms with Crippen LogP contribution in [-0.4, -0.2) is 121 Å². The van der Waals surface area contributed by atoms with Gasteiger partial charge in [-0.1, -0.05) is 6.07 Å². The molecule has 2 aliphatic heterocycles. The summed E-state index contributed by atoms with van der Waals surface area (Å²) in [5.41, 5.74) is 0.0464. The number of ether oxygens (including phenoxy) is 1. The van der Waals surface area contributed by atoms with Crippen LogP contribution in [0.1, 0.15) is 19.4 Å². The number of nitrogens with zero attached hydrogens (tertiary/aromatic N) is 4. The topological polar surface area (TPSA) is 114 Å². The molecule has 2 aliphatic rings. The maximum atomic E-state index is 13.0. The zero-order valence-corrected chi connectivity index (χ0v) is 22.3. The van der Waals surface area contributed by atoms with Crippen molar-refractivity contribution in [1.82, 2.24) is 14.7 Å². The van der Waals surface area contributed by atoms with E-state index in [4.69, 9.17) is 14.9 Å². The minimum Gasteiger partial charge on any atom is -0.478 e. The second-order valence-corrected chi connectivity index (χ2v) is 9.19. The molecule has 0 amide bonds. The van der Waals surface area contributed by atoms with Crippen molar-refractivity contribution >= 4 is 23.6 Å². The number of benzene rings is 1. The first-order valence-electron chi connectivity index (χ1n) is 12.8. The monoisotopic (exact) mass is 558 g/mol. The Bertz CT molecular complexity index is 959. The Balaban J connectivity index is 0.000000580. The lowest BCUT2D eigenvalue weighted by Crippen LogP contribution is -2.54. The van der Waals surface area contributed by atoms with Crippen LogP contribution in [0.15, 0.2) is 36.4 Å². The van der Waals surface area contributed by atoms with Gasteiger partial charge in [-0.2, -0.15) is 13.2 Å². The van der Waals surface area contributed by atoms with Crippen molar-refractivity contribution in [2.75, 3.05) is 77.0 Å². The number of halogens is 3. The number of anilines is 1. The maximum Gasteiger partial charge on any atom is 0.416 e. The second kappa shape index (κ2) is 15.4. The Labute approximate surface area is 226 Å².